The minimum atomic E-state index is -0.560. The number of nitrogens with zero attached hydrogens (tertiary/aromatic N) is 1. The normalized spacial score (nSPS) is 14.1. The molecule has 3 amide bonds. The number of nitrogens with one attached hydrogen (secondary N) is 1. The lowest BCUT2D eigenvalue weighted by atomic mass is 10.1. The van der Waals surface area contributed by atoms with Gasteiger partial charge in [-0.1, -0.05) is 54.1 Å². The Morgan fingerprint density at radius 3 is 2.59 bits per heavy atom. The summed E-state index contributed by atoms with van der Waals surface area (Å²) in [6, 6.07) is 22.6. The Bertz CT molecular complexity index is 1720. The Labute approximate surface area is 262 Å². The number of hydrogen-bond acceptors (Lipinski definition) is 6. The second-order valence-corrected chi connectivity index (χ2v) is 12.0. The van der Waals surface area contributed by atoms with Crippen LogP contribution in [-0.4, -0.2) is 35.6 Å². The van der Waals surface area contributed by atoms with E-state index in [4.69, 9.17) is 21.1 Å². The van der Waals surface area contributed by atoms with Crippen LogP contribution in [-0.2, 0) is 16.2 Å². The molecule has 4 aromatic rings. The number of amides is 3. The molecule has 1 fully saturated rings. The van der Waals surface area contributed by atoms with Gasteiger partial charge in [0.05, 0.1) is 21.5 Å². The summed E-state index contributed by atoms with van der Waals surface area (Å²) in [5.74, 6) is -0.118. The Morgan fingerprint density at radius 1 is 1.02 bits per heavy atom. The van der Waals surface area contributed by atoms with E-state index in [1.165, 1.54) is 7.11 Å². The molecule has 1 N–H and O–H groups in total. The molecule has 4 aromatic carbocycles. The smallest absolute Gasteiger partial charge is 0.294 e. The van der Waals surface area contributed by atoms with E-state index >= 15 is 0 Å². The molecule has 1 aliphatic heterocycles. The van der Waals surface area contributed by atoms with Gasteiger partial charge < -0.3 is 14.8 Å². The molecule has 11 heteroatoms. The Hall–Kier alpha value is -3.31. The minimum Gasteiger partial charge on any atom is -0.493 e. The van der Waals surface area contributed by atoms with Crippen LogP contribution >= 0.6 is 55.2 Å². The summed E-state index contributed by atoms with van der Waals surface area (Å²) < 4.78 is 13.0. The number of carbonyl (C=O) groups excluding carboxylic acids is 3. The van der Waals surface area contributed by atoms with Crippen LogP contribution in [0.4, 0.5) is 10.5 Å². The number of imide groups is 1. The molecule has 1 heterocycles. The summed E-state index contributed by atoms with van der Waals surface area (Å²) in [7, 11) is 1.53. The van der Waals surface area contributed by atoms with Crippen LogP contribution in [0.3, 0.4) is 0 Å². The zero-order chi connectivity index (χ0) is 29.1. The molecule has 0 unspecified atom stereocenters. The van der Waals surface area contributed by atoms with Crippen LogP contribution < -0.4 is 14.8 Å². The van der Waals surface area contributed by atoms with Crippen molar-refractivity contribution in [1.29, 1.82) is 0 Å². The summed E-state index contributed by atoms with van der Waals surface area (Å²) in [4.78, 5) is 39.3. The Morgan fingerprint density at radius 2 is 1.80 bits per heavy atom. The summed E-state index contributed by atoms with van der Waals surface area (Å²) in [6.07, 6.45) is 1.58. The van der Waals surface area contributed by atoms with Gasteiger partial charge in [0.2, 0.25) is 5.91 Å². The molecule has 0 bridgehead atoms. The van der Waals surface area contributed by atoms with Gasteiger partial charge >= 0.3 is 0 Å². The standard InChI is InChI=1S/C30H21Br2ClN2O5S/c1-39-25-12-17(11-23(32)28(25)40-16-19-7-4-6-18-5-2-3-8-21(18)19)13-26-29(37)35(30(38)41-26)15-27(36)34-20-9-10-22(31)24(33)14-20/h2-14H,15-16H2,1H3,(H,34,36)/b26-13+. The first-order valence-electron chi connectivity index (χ1n) is 12.2. The fourth-order valence-corrected chi connectivity index (χ4v) is 6.08. The third-order valence-electron chi connectivity index (χ3n) is 6.18. The summed E-state index contributed by atoms with van der Waals surface area (Å²) in [5.41, 5.74) is 2.10. The molecule has 0 aromatic heterocycles. The number of rotatable bonds is 8. The maximum absolute atomic E-state index is 13.0. The number of ether oxygens (including phenoxy) is 2. The Kier molecular flexibility index (Phi) is 9.03. The molecular weight excluding hydrogens is 696 g/mol. The lowest BCUT2D eigenvalue weighted by Crippen LogP contribution is -2.36. The highest BCUT2D eigenvalue weighted by Gasteiger charge is 2.36. The van der Waals surface area contributed by atoms with Crippen molar-refractivity contribution in [3.05, 3.63) is 103 Å². The molecule has 0 saturated carbocycles. The molecule has 1 aliphatic rings. The van der Waals surface area contributed by atoms with E-state index in [2.05, 4.69) is 55.4 Å². The zero-order valence-corrected chi connectivity index (χ0v) is 26.2. The van der Waals surface area contributed by atoms with Crippen LogP contribution in [0.25, 0.3) is 16.8 Å². The van der Waals surface area contributed by atoms with Crippen molar-refractivity contribution in [3.63, 3.8) is 0 Å². The number of thioether (sulfide) groups is 1. The summed E-state index contributed by atoms with van der Waals surface area (Å²) in [6.45, 7) is -0.104. The lowest BCUT2D eigenvalue weighted by Gasteiger charge is -2.15. The predicted molar refractivity (Wildman–Crippen MR) is 169 cm³/mol. The molecule has 208 valence electrons. The lowest BCUT2D eigenvalue weighted by molar-refractivity contribution is -0.127. The van der Waals surface area contributed by atoms with Gasteiger partial charge in [0.1, 0.15) is 13.2 Å². The average Bonchev–Trinajstić information content (AvgIpc) is 3.21. The van der Waals surface area contributed by atoms with E-state index in [1.54, 1.807) is 36.4 Å². The Balaban J connectivity index is 1.30. The van der Waals surface area contributed by atoms with Crippen molar-refractivity contribution in [2.45, 2.75) is 6.61 Å². The highest BCUT2D eigenvalue weighted by Crippen LogP contribution is 2.40. The number of halogens is 3. The number of benzene rings is 4. The van der Waals surface area contributed by atoms with Crippen molar-refractivity contribution in [2.24, 2.45) is 0 Å². The van der Waals surface area contributed by atoms with Crippen LogP contribution in [0.1, 0.15) is 11.1 Å². The minimum absolute atomic E-state index is 0.188. The first-order valence-corrected chi connectivity index (χ1v) is 15.0. The van der Waals surface area contributed by atoms with Crippen LogP contribution in [0, 0.1) is 0 Å². The van der Waals surface area contributed by atoms with Gasteiger partial charge in [0.25, 0.3) is 11.1 Å². The largest absolute Gasteiger partial charge is 0.493 e. The average molecular weight is 717 g/mol. The molecule has 1 saturated heterocycles. The van der Waals surface area contributed by atoms with E-state index < -0.39 is 23.6 Å². The van der Waals surface area contributed by atoms with Gasteiger partial charge in [-0.2, -0.15) is 0 Å². The van der Waals surface area contributed by atoms with Gasteiger partial charge in [-0.3, -0.25) is 19.3 Å². The number of anilines is 1. The van der Waals surface area contributed by atoms with Crippen LogP contribution in [0.15, 0.2) is 86.6 Å². The summed E-state index contributed by atoms with van der Waals surface area (Å²) in [5, 5.41) is 4.76. The van der Waals surface area contributed by atoms with Crippen LogP contribution in [0.2, 0.25) is 5.02 Å². The van der Waals surface area contributed by atoms with Gasteiger partial charge in [0, 0.05) is 10.2 Å². The fourth-order valence-electron chi connectivity index (χ4n) is 4.24. The maximum atomic E-state index is 13.0. The quantitative estimate of drug-likeness (QED) is 0.185. The van der Waals surface area contributed by atoms with E-state index in [0.717, 1.165) is 33.0 Å². The molecular formula is C30H21Br2ClN2O5S. The third kappa shape index (κ3) is 6.62. The van der Waals surface area contributed by atoms with E-state index in [-0.39, 0.29) is 4.91 Å². The van der Waals surface area contributed by atoms with Crippen LogP contribution in [0.5, 0.6) is 11.5 Å². The second kappa shape index (κ2) is 12.7. The monoisotopic (exact) mass is 714 g/mol. The molecule has 0 radical (unpaired) electrons. The molecule has 5 rings (SSSR count). The fraction of sp³-hybridized carbons (Fsp3) is 0.100. The topological polar surface area (TPSA) is 84.9 Å². The SMILES string of the molecule is COc1cc(/C=C2/SC(=O)N(CC(=O)Nc3ccc(Br)c(Cl)c3)C2=O)cc(Br)c1OCc1cccc2ccccc12. The van der Waals surface area contributed by atoms with Gasteiger partial charge in [-0.25, -0.2) is 0 Å². The zero-order valence-electron chi connectivity index (χ0n) is 21.5. The van der Waals surface area contributed by atoms with Crippen molar-refractivity contribution in [2.75, 3.05) is 19.0 Å². The van der Waals surface area contributed by atoms with Crippen molar-refractivity contribution >= 4 is 94.8 Å². The predicted octanol–water partition coefficient (Wildman–Crippen LogP) is 8.28. The molecule has 7 nitrogen and oxygen atoms in total. The first kappa shape index (κ1) is 29.2. The number of fused-ring (bicyclic) bond motifs is 1. The molecule has 0 aliphatic carbocycles. The third-order valence-corrected chi connectivity index (χ3v) is 8.91. The molecule has 0 spiro atoms. The maximum Gasteiger partial charge on any atom is 0.294 e. The molecule has 41 heavy (non-hydrogen) atoms. The van der Waals surface area contributed by atoms with E-state index in [1.807, 2.05) is 24.3 Å². The van der Waals surface area contributed by atoms with Crippen molar-refractivity contribution in [1.82, 2.24) is 4.90 Å². The van der Waals surface area contributed by atoms with Crippen molar-refractivity contribution < 1.29 is 23.9 Å². The highest BCUT2D eigenvalue weighted by molar-refractivity contribution is 9.10. The van der Waals surface area contributed by atoms with E-state index in [9.17, 15) is 14.4 Å². The van der Waals surface area contributed by atoms with Gasteiger partial charge in [-0.05, 0) is 102 Å². The number of methoxy groups -OCH3 is 1. The van der Waals surface area contributed by atoms with E-state index in [0.29, 0.717) is 43.3 Å². The van der Waals surface area contributed by atoms with Gasteiger partial charge in [0.15, 0.2) is 11.5 Å². The summed E-state index contributed by atoms with van der Waals surface area (Å²) >= 11 is 13.7. The first-order chi connectivity index (χ1) is 19.7. The number of carbonyl (C=O) groups is 3. The highest BCUT2D eigenvalue weighted by atomic mass is 79.9. The number of hydrogen-bond donors (Lipinski definition) is 1. The van der Waals surface area contributed by atoms with Crippen molar-refractivity contribution in [3.8, 4) is 11.5 Å². The molecule has 0 atom stereocenters. The van der Waals surface area contributed by atoms with Gasteiger partial charge in [-0.15, -0.1) is 0 Å². The second-order valence-electron chi connectivity index (χ2n) is 8.91.